The highest BCUT2D eigenvalue weighted by Crippen LogP contribution is 2.21. The molecule has 0 amide bonds. The Bertz CT molecular complexity index is 392. The molecule has 0 radical (unpaired) electrons. The van der Waals surface area contributed by atoms with Crippen molar-refractivity contribution in [1.29, 1.82) is 0 Å². The summed E-state index contributed by atoms with van der Waals surface area (Å²) in [5.74, 6) is 5.39. The fourth-order valence-electron chi connectivity index (χ4n) is 1.32. The highest BCUT2D eigenvalue weighted by Gasteiger charge is 2.09. The number of nitrogens with one attached hydrogen (secondary N) is 1. The summed E-state index contributed by atoms with van der Waals surface area (Å²) >= 11 is 5.61. The van der Waals surface area contributed by atoms with Crippen LogP contribution in [0.3, 0.4) is 0 Å². The van der Waals surface area contributed by atoms with Crippen LogP contribution in [0.1, 0.15) is 24.9 Å². The average molecular weight is 226 g/mol. The van der Waals surface area contributed by atoms with E-state index in [9.17, 15) is 4.39 Å². The van der Waals surface area contributed by atoms with Crippen LogP contribution in [-0.4, -0.2) is 7.05 Å². The molecular weight excluding hydrogens is 213 g/mol. The summed E-state index contributed by atoms with van der Waals surface area (Å²) < 4.78 is 13.2. The van der Waals surface area contributed by atoms with Gasteiger partial charge in [0.05, 0.1) is 5.02 Å². The SMILES string of the molecule is CC#CCC(NC)c1ccc(Cl)c(F)c1. The Morgan fingerprint density at radius 3 is 2.80 bits per heavy atom. The van der Waals surface area contributed by atoms with Crippen LogP contribution in [0.2, 0.25) is 5.02 Å². The van der Waals surface area contributed by atoms with E-state index in [2.05, 4.69) is 17.2 Å². The molecule has 15 heavy (non-hydrogen) atoms. The first-order valence-electron chi connectivity index (χ1n) is 4.71. The van der Waals surface area contributed by atoms with E-state index in [0.29, 0.717) is 6.42 Å². The van der Waals surface area contributed by atoms with Crippen molar-refractivity contribution in [2.45, 2.75) is 19.4 Å². The summed E-state index contributed by atoms with van der Waals surface area (Å²) in [7, 11) is 1.83. The van der Waals surface area contributed by atoms with Crippen molar-refractivity contribution in [1.82, 2.24) is 5.32 Å². The largest absolute Gasteiger partial charge is 0.312 e. The second-order valence-electron chi connectivity index (χ2n) is 3.15. The van der Waals surface area contributed by atoms with Crippen LogP contribution < -0.4 is 5.32 Å². The lowest BCUT2D eigenvalue weighted by Crippen LogP contribution is -2.15. The van der Waals surface area contributed by atoms with Gasteiger partial charge in [0.2, 0.25) is 0 Å². The summed E-state index contributed by atoms with van der Waals surface area (Å²) in [5.41, 5.74) is 0.863. The highest BCUT2D eigenvalue weighted by atomic mass is 35.5. The van der Waals surface area contributed by atoms with Gasteiger partial charge in [0.15, 0.2) is 0 Å². The van der Waals surface area contributed by atoms with Gasteiger partial charge >= 0.3 is 0 Å². The van der Waals surface area contributed by atoms with E-state index in [1.165, 1.54) is 6.07 Å². The number of hydrogen-bond donors (Lipinski definition) is 1. The third-order valence-corrected chi connectivity index (χ3v) is 2.48. The zero-order valence-corrected chi connectivity index (χ0v) is 9.53. The van der Waals surface area contributed by atoms with Crippen molar-refractivity contribution < 1.29 is 4.39 Å². The molecule has 0 saturated carbocycles. The van der Waals surface area contributed by atoms with E-state index in [-0.39, 0.29) is 16.9 Å². The van der Waals surface area contributed by atoms with Gasteiger partial charge in [0, 0.05) is 12.5 Å². The second kappa shape index (κ2) is 5.75. The minimum absolute atomic E-state index is 0.0456. The van der Waals surface area contributed by atoms with E-state index in [1.807, 2.05) is 13.1 Å². The Kier molecular flexibility index (Phi) is 4.61. The molecule has 0 aliphatic carbocycles. The molecule has 3 heteroatoms. The molecule has 1 nitrogen and oxygen atoms in total. The van der Waals surface area contributed by atoms with E-state index in [4.69, 9.17) is 11.6 Å². The Balaban J connectivity index is 2.90. The molecule has 1 N–H and O–H groups in total. The molecule has 1 unspecified atom stereocenters. The second-order valence-corrected chi connectivity index (χ2v) is 3.55. The van der Waals surface area contributed by atoms with E-state index in [0.717, 1.165) is 5.56 Å². The molecule has 0 aliphatic heterocycles. The first-order valence-corrected chi connectivity index (χ1v) is 5.08. The molecule has 1 rings (SSSR count). The van der Waals surface area contributed by atoms with Crippen molar-refractivity contribution in [2.24, 2.45) is 0 Å². The third kappa shape index (κ3) is 3.23. The number of hydrogen-bond acceptors (Lipinski definition) is 1. The minimum atomic E-state index is -0.390. The maximum absolute atomic E-state index is 13.2. The lowest BCUT2D eigenvalue weighted by molar-refractivity contribution is 0.590. The van der Waals surface area contributed by atoms with E-state index in [1.54, 1.807) is 13.0 Å². The van der Waals surface area contributed by atoms with E-state index < -0.39 is 0 Å². The molecule has 0 heterocycles. The number of halogens is 2. The van der Waals surface area contributed by atoms with Crippen molar-refractivity contribution in [2.75, 3.05) is 7.05 Å². The Morgan fingerprint density at radius 2 is 2.27 bits per heavy atom. The van der Waals surface area contributed by atoms with Crippen molar-refractivity contribution >= 4 is 11.6 Å². The molecule has 0 saturated heterocycles. The smallest absolute Gasteiger partial charge is 0.142 e. The first-order chi connectivity index (χ1) is 7.19. The third-order valence-electron chi connectivity index (χ3n) is 2.18. The van der Waals surface area contributed by atoms with Gasteiger partial charge in [-0.2, -0.15) is 0 Å². The van der Waals surface area contributed by atoms with Gasteiger partial charge in [-0.1, -0.05) is 17.7 Å². The van der Waals surface area contributed by atoms with Gasteiger partial charge < -0.3 is 5.32 Å². The van der Waals surface area contributed by atoms with Gasteiger partial charge in [-0.15, -0.1) is 11.8 Å². The maximum Gasteiger partial charge on any atom is 0.142 e. The molecule has 1 atom stereocenters. The standard InChI is InChI=1S/C12H13ClFN/c1-3-4-5-12(15-2)9-6-7-10(13)11(14)8-9/h6-8,12,15H,5H2,1-2H3. The normalized spacial score (nSPS) is 11.7. The van der Waals surface area contributed by atoms with Gasteiger partial charge in [0.1, 0.15) is 5.82 Å². The Labute approximate surface area is 94.6 Å². The Morgan fingerprint density at radius 1 is 1.53 bits per heavy atom. The lowest BCUT2D eigenvalue weighted by atomic mass is 10.0. The quantitative estimate of drug-likeness (QED) is 0.780. The number of benzene rings is 1. The maximum atomic E-state index is 13.2. The van der Waals surface area contributed by atoms with E-state index >= 15 is 0 Å². The molecule has 0 spiro atoms. The topological polar surface area (TPSA) is 12.0 Å². The Hall–Kier alpha value is -1.04. The van der Waals surface area contributed by atoms with Crippen molar-refractivity contribution in [3.63, 3.8) is 0 Å². The predicted octanol–water partition coefficient (Wildman–Crippen LogP) is 3.15. The number of rotatable bonds is 3. The van der Waals surface area contributed by atoms with Crippen LogP contribution in [0.25, 0.3) is 0 Å². The van der Waals surface area contributed by atoms with Gasteiger partial charge in [-0.05, 0) is 31.7 Å². The molecule has 1 aromatic rings. The fourth-order valence-corrected chi connectivity index (χ4v) is 1.44. The summed E-state index contributed by atoms with van der Waals surface area (Å²) in [5, 5.41) is 3.24. The van der Waals surface area contributed by atoms with Crippen LogP contribution in [-0.2, 0) is 0 Å². The predicted molar refractivity (Wildman–Crippen MR) is 61.3 cm³/mol. The van der Waals surface area contributed by atoms with Crippen LogP contribution in [0.4, 0.5) is 4.39 Å². The zero-order valence-electron chi connectivity index (χ0n) is 8.77. The van der Waals surface area contributed by atoms with Gasteiger partial charge in [-0.3, -0.25) is 0 Å². The molecule has 0 aliphatic rings. The average Bonchev–Trinajstić information content (AvgIpc) is 2.24. The van der Waals surface area contributed by atoms with Crippen LogP contribution >= 0.6 is 11.6 Å². The summed E-state index contributed by atoms with van der Waals surface area (Å²) in [4.78, 5) is 0. The molecule has 1 aromatic carbocycles. The van der Waals surface area contributed by atoms with Crippen molar-refractivity contribution in [3.05, 3.63) is 34.6 Å². The van der Waals surface area contributed by atoms with Crippen LogP contribution in [0.15, 0.2) is 18.2 Å². The molecular formula is C12H13ClFN. The van der Waals surface area contributed by atoms with Gasteiger partial charge in [-0.25, -0.2) is 4.39 Å². The molecule has 0 fully saturated rings. The summed E-state index contributed by atoms with van der Waals surface area (Å²) in [6, 6.07) is 4.87. The highest BCUT2D eigenvalue weighted by molar-refractivity contribution is 6.30. The zero-order chi connectivity index (χ0) is 11.3. The van der Waals surface area contributed by atoms with Crippen LogP contribution in [0.5, 0.6) is 0 Å². The summed E-state index contributed by atoms with van der Waals surface area (Å²) in [6.07, 6.45) is 0.661. The molecule has 0 bridgehead atoms. The lowest BCUT2D eigenvalue weighted by Gasteiger charge is -2.13. The minimum Gasteiger partial charge on any atom is -0.312 e. The van der Waals surface area contributed by atoms with Gasteiger partial charge in [0.25, 0.3) is 0 Å². The van der Waals surface area contributed by atoms with Crippen molar-refractivity contribution in [3.8, 4) is 11.8 Å². The van der Waals surface area contributed by atoms with Crippen LogP contribution in [0, 0.1) is 17.7 Å². The fraction of sp³-hybridized carbons (Fsp3) is 0.333. The summed E-state index contributed by atoms with van der Waals surface area (Å²) in [6.45, 7) is 1.79. The molecule has 0 aromatic heterocycles. The molecule has 80 valence electrons. The monoisotopic (exact) mass is 225 g/mol. The first kappa shape index (κ1) is 12.0.